The van der Waals surface area contributed by atoms with Crippen LogP contribution in [0.25, 0.3) is 11.1 Å². The van der Waals surface area contributed by atoms with Gasteiger partial charge < -0.3 is 9.84 Å². The first-order valence-electron chi connectivity index (χ1n) is 12.1. The topological polar surface area (TPSA) is 104 Å². The molecular weight excluding hydrogens is 505 g/mol. The fourth-order valence-electron chi connectivity index (χ4n) is 6.00. The van der Waals surface area contributed by atoms with E-state index in [2.05, 4.69) is 17.0 Å². The van der Waals surface area contributed by atoms with Crippen molar-refractivity contribution in [1.82, 2.24) is 9.80 Å². The molecule has 3 saturated heterocycles. The molecule has 11 heteroatoms. The number of fused-ring (bicyclic) bond motifs is 3. The summed E-state index contributed by atoms with van der Waals surface area (Å²) >= 11 is 0. The second kappa shape index (κ2) is 10.2. The highest BCUT2D eigenvalue weighted by molar-refractivity contribution is 6.09. The average Bonchev–Trinajstić information content (AvgIpc) is 3.34. The Balaban J connectivity index is 0.000000426. The van der Waals surface area contributed by atoms with Gasteiger partial charge in [0.25, 0.3) is 0 Å². The lowest BCUT2D eigenvalue weighted by Gasteiger charge is -2.44. The average molecular weight is 533 g/mol. The van der Waals surface area contributed by atoms with Gasteiger partial charge in [0, 0.05) is 13.1 Å². The van der Waals surface area contributed by atoms with Crippen molar-refractivity contribution in [3.8, 4) is 11.1 Å². The van der Waals surface area contributed by atoms with Crippen molar-refractivity contribution < 1.29 is 42.2 Å². The second-order valence-corrected chi connectivity index (χ2v) is 9.54. The summed E-state index contributed by atoms with van der Waals surface area (Å²) in [4.78, 5) is 51.7. The number of aliphatic carboxylic acids is 1. The standard InChI is InChI=1S/C25H26N2O4.C2HF3O2/c1-26-22(28)19-20(23(26)29)25(24(30)31-2)14-6-7-15-27(25)21(19)18-12-10-17(11-13-18)16-8-4-3-5-9-16;3-2(4,5)1(6)7/h3-5,8-13,19-21H,6-7,14-15H2,1-2H3;(H,6,7)/t19?,20?,21?,25-;/m0./s1. The van der Waals surface area contributed by atoms with Crippen LogP contribution in [0, 0.1) is 11.8 Å². The number of rotatable bonds is 3. The number of amides is 2. The van der Waals surface area contributed by atoms with E-state index in [0.29, 0.717) is 13.0 Å². The van der Waals surface area contributed by atoms with Gasteiger partial charge >= 0.3 is 18.1 Å². The molecule has 3 unspecified atom stereocenters. The minimum atomic E-state index is -5.08. The molecule has 2 aromatic carbocycles. The van der Waals surface area contributed by atoms with Gasteiger partial charge in [-0.05, 0) is 42.5 Å². The van der Waals surface area contributed by atoms with E-state index >= 15 is 0 Å². The molecule has 2 amide bonds. The number of piperidine rings is 1. The molecular formula is C27H27F3N2O6. The van der Waals surface area contributed by atoms with Crippen molar-refractivity contribution in [2.24, 2.45) is 11.8 Å². The Morgan fingerprint density at radius 2 is 1.55 bits per heavy atom. The zero-order chi connectivity index (χ0) is 27.8. The molecule has 3 aliphatic rings. The van der Waals surface area contributed by atoms with Crippen LogP contribution >= 0.6 is 0 Å². The molecule has 38 heavy (non-hydrogen) atoms. The first-order valence-corrected chi connectivity index (χ1v) is 12.1. The van der Waals surface area contributed by atoms with Gasteiger partial charge in [0.05, 0.1) is 18.9 Å². The van der Waals surface area contributed by atoms with Crippen molar-refractivity contribution in [2.45, 2.75) is 37.0 Å². The molecule has 0 saturated carbocycles. The number of carboxylic acids is 1. The van der Waals surface area contributed by atoms with Crippen molar-refractivity contribution >= 4 is 23.8 Å². The van der Waals surface area contributed by atoms with Crippen LogP contribution in [0.2, 0.25) is 0 Å². The quantitative estimate of drug-likeness (QED) is 0.475. The van der Waals surface area contributed by atoms with Crippen LogP contribution in [-0.4, -0.2) is 71.1 Å². The van der Waals surface area contributed by atoms with Gasteiger partial charge in [-0.25, -0.2) is 4.79 Å². The molecule has 0 radical (unpaired) electrons. The summed E-state index contributed by atoms with van der Waals surface area (Å²) in [6.07, 6.45) is -2.79. The monoisotopic (exact) mass is 532 g/mol. The van der Waals surface area contributed by atoms with Crippen molar-refractivity contribution in [2.75, 3.05) is 20.7 Å². The normalized spacial score (nSPS) is 26.8. The Hall–Kier alpha value is -3.73. The van der Waals surface area contributed by atoms with Crippen molar-refractivity contribution in [3.05, 3.63) is 60.2 Å². The summed E-state index contributed by atoms with van der Waals surface area (Å²) in [6, 6.07) is 17.9. The third kappa shape index (κ3) is 4.44. The number of carbonyl (C=O) groups is 4. The molecule has 0 aliphatic carbocycles. The summed E-state index contributed by atoms with van der Waals surface area (Å²) in [5.74, 6) is -4.90. The number of methoxy groups -OCH3 is 1. The molecule has 0 spiro atoms. The fraction of sp³-hybridized carbons (Fsp3) is 0.407. The number of carbonyl (C=O) groups excluding carboxylic acids is 3. The predicted octanol–water partition coefficient (Wildman–Crippen LogP) is 3.67. The zero-order valence-corrected chi connectivity index (χ0v) is 20.8. The van der Waals surface area contributed by atoms with E-state index in [0.717, 1.165) is 29.5 Å². The molecule has 0 aromatic heterocycles. The molecule has 3 fully saturated rings. The largest absolute Gasteiger partial charge is 0.490 e. The molecule has 1 N–H and O–H groups in total. The summed E-state index contributed by atoms with van der Waals surface area (Å²) in [6.45, 7) is 0.664. The minimum absolute atomic E-state index is 0.204. The van der Waals surface area contributed by atoms with Crippen LogP contribution in [0.1, 0.15) is 30.9 Å². The van der Waals surface area contributed by atoms with Crippen LogP contribution in [0.4, 0.5) is 13.2 Å². The number of nitrogens with zero attached hydrogens (tertiary/aromatic N) is 2. The maximum absolute atomic E-state index is 13.2. The molecule has 4 atom stereocenters. The number of halogens is 3. The number of hydrogen-bond acceptors (Lipinski definition) is 6. The van der Waals surface area contributed by atoms with Gasteiger partial charge in [0.1, 0.15) is 5.54 Å². The number of carboxylic acid groups (broad SMARTS) is 1. The van der Waals surface area contributed by atoms with Gasteiger partial charge in [0.2, 0.25) is 11.8 Å². The number of likely N-dealkylation sites (tertiary alicyclic amines) is 1. The Bertz CT molecular complexity index is 1230. The van der Waals surface area contributed by atoms with Crippen LogP contribution in [0.15, 0.2) is 54.6 Å². The third-order valence-electron chi connectivity index (χ3n) is 7.62. The molecule has 5 rings (SSSR count). The Labute approximate surface area is 217 Å². The Kier molecular flexibility index (Phi) is 7.33. The van der Waals surface area contributed by atoms with E-state index in [-0.39, 0.29) is 17.9 Å². The molecule has 202 valence electrons. The summed E-state index contributed by atoms with van der Waals surface area (Å²) in [5, 5.41) is 7.12. The fourth-order valence-corrected chi connectivity index (χ4v) is 6.00. The summed E-state index contributed by atoms with van der Waals surface area (Å²) in [7, 11) is 2.89. The Morgan fingerprint density at radius 3 is 2.11 bits per heavy atom. The number of ether oxygens (including phenoxy) is 1. The van der Waals surface area contributed by atoms with E-state index in [1.807, 2.05) is 42.5 Å². The molecule has 0 bridgehead atoms. The molecule has 2 aromatic rings. The summed E-state index contributed by atoms with van der Waals surface area (Å²) in [5.41, 5.74) is 2.09. The van der Waals surface area contributed by atoms with E-state index in [9.17, 15) is 27.6 Å². The molecule has 3 aliphatic heterocycles. The highest BCUT2D eigenvalue weighted by Gasteiger charge is 2.72. The number of hydrogen-bond donors (Lipinski definition) is 1. The highest BCUT2D eigenvalue weighted by atomic mass is 19.4. The van der Waals surface area contributed by atoms with E-state index in [4.69, 9.17) is 14.6 Å². The number of esters is 1. The highest BCUT2D eigenvalue weighted by Crippen LogP contribution is 2.58. The first kappa shape index (κ1) is 27.3. The maximum Gasteiger partial charge on any atom is 0.490 e. The van der Waals surface area contributed by atoms with Gasteiger partial charge in [0.15, 0.2) is 0 Å². The van der Waals surface area contributed by atoms with Gasteiger partial charge in [-0.15, -0.1) is 0 Å². The molecule has 8 nitrogen and oxygen atoms in total. The number of alkyl halides is 3. The lowest BCUT2D eigenvalue weighted by atomic mass is 9.75. The predicted molar refractivity (Wildman–Crippen MR) is 128 cm³/mol. The third-order valence-corrected chi connectivity index (χ3v) is 7.62. The number of benzene rings is 2. The Morgan fingerprint density at radius 1 is 0.974 bits per heavy atom. The van der Waals surface area contributed by atoms with Crippen molar-refractivity contribution in [3.63, 3.8) is 0 Å². The lowest BCUT2D eigenvalue weighted by molar-refractivity contribution is -0.192. The lowest BCUT2D eigenvalue weighted by Crippen LogP contribution is -2.59. The number of imide groups is 1. The van der Waals surface area contributed by atoms with Gasteiger partial charge in [-0.3, -0.25) is 24.2 Å². The minimum Gasteiger partial charge on any atom is -0.475 e. The van der Waals surface area contributed by atoms with Gasteiger partial charge in [-0.2, -0.15) is 13.2 Å². The smallest absolute Gasteiger partial charge is 0.475 e. The van der Waals surface area contributed by atoms with Crippen LogP contribution in [0.3, 0.4) is 0 Å². The van der Waals surface area contributed by atoms with Crippen molar-refractivity contribution in [1.29, 1.82) is 0 Å². The maximum atomic E-state index is 13.2. The zero-order valence-electron chi connectivity index (χ0n) is 20.8. The van der Waals surface area contributed by atoms with Crippen LogP contribution < -0.4 is 0 Å². The van der Waals surface area contributed by atoms with E-state index in [1.54, 1.807) is 0 Å². The van der Waals surface area contributed by atoms with Crippen LogP contribution in [-0.2, 0) is 23.9 Å². The van der Waals surface area contributed by atoms with E-state index in [1.165, 1.54) is 19.1 Å². The second-order valence-electron chi connectivity index (χ2n) is 9.54. The van der Waals surface area contributed by atoms with Gasteiger partial charge in [-0.1, -0.05) is 54.6 Å². The summed E-state index contributed by atoms with van der Waals surface area (Å²) < 4.78 is 37.0. The van der Waals surface area contributed by atoms with E-state index < -0.39 is 35.5 Å². The van der Waals surface area contributed by atoms with Crippen LogP contribution in [0.5, 0.6) is 0 Å². The SMILES string of the molecule is COC(=O)[C@@]12CCCCN1C(c1ccc(-c3ccccc3)cc1)C1C(=O)N(C)C(=O)C12.O=C(O)C(F)(F)F. The first-order chi connectivity index (χ1) is 17.9. The molecule has 3 heterocycles.